The molecule has 1 heterocycles. The third kappa shape index (κ3) is 3.67. The summed E-state index contributed by atoms with van der Waals surface area (Å²) < 4.78 is 179. The zero-order chi connectivity index (χ0) is 24.4. The Morgan fingerprint density at radius 3 is 1.73 bits per heavy atom. The Balaban J connectivity index is 3.76. The van der Waals surface area contributed by atoms with Gasteiger partial charge in [-0.3, -0.25) is 4.79 Å². The van der Waals surface area contributed by atoms with Gasteiger partial charge in [0, 0.05) is 0 Å². The predicted molar refractivity (Wildman–Crippen MR) is 66.2 cm³/mol. The standard InChI is InChI=1S/C13H11F13O4/c1-3-7(2,12(21,22)23)6(28)30-11(13(24,25)26)9(16,17)4(27)8(14,15)5(29-11)10(18,19)20/h4-5,27H,3H2,1-2H3. The van der Waals surface area contributed by atoms with Gasteiger partial charge in [-0.2, -0.15) is 48.3 Å². The van der Waals surface area contributed by atoms with Gasteiger partial charge in [0.15, 0.2) is 11.5 Å². The Morgan fingerprint density at radius 1 is 1.00 bits per heavy atom. The van der Waals surface area contributed by atoms with Crippen molar-refractivity contribution in [2.24, 2.45) is 5.41 Å². The maximum Gasteiger partial charge on any atom is 0.462 e. The minimum Gasteiger partial charge on any atom is -0.417 e. The number of hydrogen-bond donors (Lipinski definition) is 1. The van der Waals surface area contributed by atoms with E-state index in [0.717, 1.165) is 0 Å². The number of rotatable bonds is 3. The second-order valence-corrected chi connectivity index (χ2v) is 6.43. The van der Waals surface area contributed by atoms with Crippen molar-refractivity contribution < 1.29 is 76.5 Å². The van der Waals surface area contributed by atoms with Crippen molar-refractivity contribution in [1.82, 2.24) is 0 Å². The van der Waals surface area contributed by atoms with Crippen molar-refractivity contribution in [3.05, 3.63) is 0 Å². The van der Waals surface area contributed by atoms with Gasteiger partial charge in [0.05, 0.1) is 0 Å². The highest BCUT2D eigenvalue weighted by molar-refractivity contribution is 5.78. The third-order valence-corrected chi connectivity index (χ3v) is 4.47. The lowest BCUT2D eigenvalue weighted by Crippen LogP contribution is -2.79. The normalized spacial score (nSPS) is 31.7. The van der Waals surface area contributed by atoms with Crippen LogP contribution in [-0.2, 0) is 14.3 Å². The summed E-state index contributed by atoms with van der Waals surface area (Å²) in [5.41, 5.74) is -3.98. The van der Waals surface area contributed by atoms with Crippen molar-refractivity contribution in [3.63, 3.8) is 0 Å². The Kier molecular flexibility index (Phi) is 6.18. The minimum atomic E-state index is -7.01. The number of aliphatic hydroxyl groups excluding tert-OH is 1. The van der Waals surface area contributed by atoms with Crippen LogP contribution in [0.4, 0.5) is 57.1 Å². The summed E-state index contributed by atoms with van der Waals surface area (Å²) in [4.78, 5) is 11.8. The first-order chi connectivity index (χ1) is 12.9. The van der Waals surface area contributed by atoms with Crippen LogP contribution in [0.25, 0.3) is 0 Å². The average molecular weight is 478 g/mol. The van der Waals surface area contributed by atoms with Crippen molar-refractivity contribution >= 4 is 5.97 Å². The van der Waals surface area contributed by atoms with Crippen LogP contribution in [0.1, 0.15) is 20.3 Å². The fraction of sp³-hybridized carbons (Fsp3) is 0.923. The maximum absolute atomic E-state index is 14.1. The first kappa shape index (κ1) is 26.5. The lowest BCUT2D eigenvalue weighted by molar-refractivity contribution is -0.513. The smallest absolute Gasteiger partial charge is 0.417 e. The average Bonchev–Trinajstić information content (AvgIpc) is 2.51. The molecule has 4 unspecified atom stereocenters. The summed E-state index contributed by atoms with van der Waals surface area (Å²) in [6.07, 6.45) is -31.0. The SMILES string of the molecule is CCC(C)(C(=O)OC1(C(F)(F)F)OC(C(F)(F)F)C(F)(F)C(O)C1(F)F)C(F)(F)F. The Morgan fingerprint density at radius 2 is 1.43 bits per heavy atom. The zero-order valence-corrected chi connectivity index (χ0v) is 14.4. The monoisotopic (exact) mass is 478 g/mol. The van der Waals surface area contributed by atoms with E-state index in [2.05, 4.69) is 9.47 Å². The molecule has 4 atom stereocenters. The first-order valence-corrected chi connectivity index (χ1v) is 7.48. The third-order valence-electron chi connectivity index (χ3n) is 4.47. The maximum atomic E-state index is 14.1. The van der Waals surface area contributed by atoms with E-state index in [1.54, 1.807) is 0 Å². The van der Waals surface area contributed by atoms with Gasteiger partial charge in [0.1, 0.15) is 0 Å². The molecule has 0 aromatic carbocycles. The molecule has 0 bridgehead atoms. The largest absolute Gasteiger partial charge is 0.462 e. The number of alkyl halides is 13. The van der Waals surface area contributed by atoms with Gasteiger partial charge < -0.3 is 14.6 Å². The van der Waals surface area contributed by atoms with Crippen molar-refractivity contribution in [2.45, 2.75) is 68.6 Å². The molecule has 4 nitrogen and oxygen atoms in total. The summed E-state index contributed by atoms with van der Waals surface area (Å²) in [7, 11) is 0. The van der Waals surface area contributed by atoms with Crippen LogP contribution < -0.4 is 0 Å². The van der Waals surface area contributed by atoms with Gasteiger partial charge in [-0.25, -0.2) is 8.78 Å². The second kappa shape index (κ2) is 7.00. The fourth-order valence-corrected chi connectivity index (χ4v) is 2.28. The van der Waals surface area contributed by atoms with Gasteiger partial charge >= 0.3 is 42.1 Å². The van der Waals surface area contributed by atoms with Crippen LogP contribution >= 0.6 is 0 Å². The Bertz CT molecular complexity index is 667. The van der Waals surface area contributed by atoms with Gasteiger partial charge in [-0.05, 0) is 13.3 Å². The molecule has 17 heteroatoms. The molecular weight excluding hydrogens is 467 g/mol. The molecule has 1 saturated heterocycles. The highest BCUT2D eigenvalue weighted by atomic mass is 19.4. The van der Waals surface area contributed by atoms with Gasteiger partial charge in [-0.1, -0.05) is 6.92 Å². The Hall–Kier alpha value is -1.52. The van der Waals surface area contributed by atoms with Crippen LogP contribution in [0.2, 0.25) is 0 Å². The van der Waals surface area contributed by atoms with Crippen molar-refractivity contribution in [2.75, 3.05) is 0 Å². The van der Waals surface area contributed by atoms with E-state index in [9.17, 15) is 61.9 Å². The minimum absolute atomic E-state index is 0.132. The molecule has 1 fully saturated rings. The van der Waals surface area contributed by atoms with E-state index >= 15 is 0 Å². The number of esters is 1. The molecule has 1 rings (SSSR count). The van der Waals surface area contributed by atoms with E-state index in [-0.39, 0.29) is 6.92 Å². The molecule has 1 N–H and O–H groups in total. The van der Waals surface area contributed by atoms with E-state index in [4.69, 9.17) is 5.11 Å². The Labute approximate surface area is 157 Å². The van der Waals surface area contributed by atoms with Crippen molar-refractivity contribution in [1.29, 1.82) is 0 Å². The lowest BCUT2D eigenvalue weighted by Gasteiger charge is -2.51. The van der Waals surface area contributed by atoms with Crippen LogP contribution in [0.5, 0.6) is 0 Å². The van der Waals surface area contributed by atoms with E-state index in [1.807, 2.05) is 0 Å². The summed E-state index contributed by atoms with van der Waals surface area (Å²) >= 11 is 0. The number of aliphatic hydroxyl groups is 1. The van der Waals surface area contributed by atoms with E-state index in [1.165, 1.54) is 0 Å². The summed E-state index contributed by atoms with van der Waals surface area (Å²) in [5, 5.41) is 8.94. The molecule has 1 aliphatic rings. The summed E-state index contributed by atoms with van der Waals surface area (Å²) in [6, 6.07) is 0. The van der Waals surface area contributed by atoms with Crippen LogP contribution in [0.15, 0.2) is 0 Å². The molecule has 1 aliphatic heterocycles. The molecule has 0 aromatic rings. The molecule has 0 radical (unpaired) electrons. The van der Waals surface area contributed by atoms with E-state index in [0.29, 0.717) is 6.92 Å². The highest BCUT2D eigenvalue weighted by Gasteiger charge is 2.88. The molecule has 178 valence electrons. The predicted octanol–water partition coefficient (Wildman–Crippen LogP) is 4.36. The van der Waals surface area contributed by atoms with Crippen molar-refractivity contribution in [3.8, 4) is 0 Å². The highest BCUT2D eigenvalue weighted by Crippen LogP contribution is 2.58. The number of halogens is 13. The molecule has 0 saturated carbocycles. The van der Waals surface area contributed by atoms with Gasteiger partial charge in [0.25, 0.3) is 0 Å². The molecule has 0 spiro atoms. The number of carbonyl (C=O) groups excluding carboxylic acids is 1. The van der Waals surface area contributed by atoms with Gasteiger partial charge in [0.2, 0.25) is 6.10 Å². The number of hydrogen-bond acceptors (Lipinski definition) is 4. The number of ether oxygens (including phenoxy) is 2. The second-order valence-electron chi connectivity index (χ2n) is 6.43. The topological polar surface area (TPSA) is 55.8 Å². The molecule has 0 amide bonds. The van der Waals surface area contributed by atoms with Crippen LogP contribution in [0.3, 0.4) is 0 Å². The summed E-state index contributed by atoms with van der Waals surface area (Å²) in [5.74, 6) is -22.2. The number of carbonyl (C=O) groups is 1. The molecule has 30 heavy (non-hydrogen) atoms. The molecule has 0 aliphatic carbocycles. The summed E-state index contributed by atoms with van der Waals surface area (Å²) in [6.45, 7) is 0.406. The van der Waals surface area contributed by atoms with Crippen LogP contribution in [-0.4, -0.2) is 59.4 Å². The van der Waals surface area contributed by atoms with Crippen LogP contribution in [0, 0.1) is 5.41 Å². The fourth-order valence-electron chi connectivity index (χ4n) is 2.28. The zero-order valence-electron chi connectivity index (χ0n) is 14.4. The quantitative estimate of drug-likeness (QED) is 0.484. The lowest BCUT2D eigenvalue weighted by atomic mass is 9.85. The molecule has 0 aromatic heterocycles. The molecular formula is C13H11F13O4. The first-order valence-electron chi connectivity index (χ1n) is 7.48. The van der Waals surface area contributed by atoms with Gasteiger partial charge in [-0.15, -0.1) is 0 Å². The van der Waals surface area contributed by atoms with E-state index < -0.39 is 66.2 Å².